The number of hydrogen-bond donors (Lipinski definition) is 2. The fourth-order valence-electron chi connectivity index (χ4n) is 5.68. The van der Waals surface area contributed by atoms with Crippen molar-refractivity contribution in [2.75, 3.05) is 39.6 Å². The van der Waals surface area contributed by atoms with E-state index in [2.05, 4.69) is 16.0 Å². The normalized spacial score (nSPS) is 18.6. The lowest BCUT2D eigenvalue weighted by atomic mass is 9.79. The molecular formula is C31H40N2O5S. The molecule has 3 atom stereocenters. The molecule has 8 heteroatoms. The van der Waals surface area contributed by atoms with Crippen molar-refractivity contribution in [3.63, 3.8) is 0 Å². The zero-order valence-corrected chi connectivity index (χ0v) is 23.7. The second-order valence-electron chi connectivity index (χ2n) is 10.3. The molecule has 1 fully saturated rings. The number of thioether (sulfide) groups is 1. The van der Waals surface area contributed by atoms with Crippen molar-refractivity contribution in [1.29, 1.82) is 0 Å². The van der Waals surface area contributed by atoms with Gasteiger partial charge in [-0.05, 0) is 105 Å². The minimum absolute atomic E-state index is 0.190. The maximum Gasteiger partial charge on any atom is 0.303 e. The van der Waals surface area contributed by atoms with Gasteiger partial charge in [-0.2, -0.15) is 0 Å². The molecule has 1 aromatic heterocycles. The first-order valence-corrected chi connectivity index (χ1v) is 14.8. The van der Waals surface area contributed by atoms with Crippen molar-refractivity contribution < 1.29 is 24.5 Å². The van der Waals surface area contributed by atoms with E-state index in [4.69, 9.17) is 9.47 Å². The van der Waals surface area contributed by atoms with Crippen LogP contribution in [0.2, 0.25) is 0 Å². The summed E-state index contributed by atoms with van der Waals surface area (Å²) in [5.74, 6) is 2.65. The molecule has 2 heterocycles. The number of methoxy groups -OCH3 is 2. The number of aliphatic hydroxyl groups is 1. The van der Waals surface area contributed by atoms with Gasteiger partial charge in [-0.1, -0.05) is 12.1 Å². The highest BCUT2D eigenvalue weighted by molar-refractivity contribution is 7.99. The van der Waals surface area contributed by atoms with Gasteiger partial charge in [0.25, 0.3) is 0 Å². The number of rotatable bonds is 14. The van der Waals surface area contributed by atoms with Crippen LogP contribution in [0.3, 0.4) is 0 Å². The van der Waals surface area contributed by atoms with Crippen LogP contribution in [0.1, 0.15) is 50.2 Å². The Kier molecular flexibility index (Phi) is 10.9. The Morgan fingerprint density at radius 3 is 2.77 bits per heavy atom. The molecule has 4 rings (SSSR count). The molecule has 7 nitrogen and oxygen atoms in total. The second-order valence-corrected chi connectivity index (χ2v) is 11.4. The number of para-hydroxylation sites is 1. The molecule has 210 valence electrons. The minimum atomic E-state index is -0.740. The zero-order chi connectivity index (χ0) is 27.6. The number of carboxylic acids is 1. The summed E-state index contributed by atoms with van der Waals surface area (Å²) in [6.07, 6.45) is 5.61. The number of nitrogens with zero attached hydrogens (tertiary/aromatic N) is 2. The minimum Gasteiger partial charge on any atom is -0.497 e. The fourth-order valence-corrected chi connectivity index (χ4v) is 6.64. The summed E-state index contributed by atoms with van der Waals surface area (Å²) in [4.78, 5) is 19.5. The predicted molar refractivity (Wildman–Crippen MR) is 156 cm³/mol. The number of carboxylic acid groups (broad SMARTS) is 1. The van der Waals surface area contributed by atoms with E-state index >= 15 is 0 Å². The molecule has 1 saturated heterocycles. The van der Waals surface area contributed by atoms with Crippen LogP contribution < -0.4 is 9.47 Å². The number of benzene rings is 2. The average molecular weight is 553 g/mol. The van der Waals surface area contributed by atoms with Gasteiger partial charge in [-0.3, -0.25) is 9.78 Å². The Labute approximate surface area is 235 Å². The summed E-state index contributed by atoms with van der Waals surface area (Å²) in [5, 5.41) is 21.4. The van der Waals surface area contributed by atoms with Gasteiger partial charge in [-0.15, -0.1) is 11.8 Å². The fraction of sp³-hybridized carbons (Fsp3) is 0.484. The van der Waals surface area contributed by atoms with E-state index in [1.807, 2.05) is 54.2 Å². The molecule has 0 bridgehead atoms. The highest BCUT2D eigenvalue weighted by Gasteiger charge is 2.30. The summed E-state index contributed by atoms with van der Waals surface area (Å²) >= 11 is 1.82. The maximum absolute atomic E-state index is 11.4. The van der Waals surface area contributed by atoms with Gasteiger partial charge in [0.05, 0.1) is 25.8 Å². The third-order valence-corrected chi connectivity index (χ3v) is 8.94. The first-order chi connectivity index (χ1) is 19.0. The van der Waals surface area contributed by atoms with Crippen LogP contribution in [-0.4, -0.2) is 65.7 Å². The van der Waals surface area contributed by atoms with Gasteiger partial charge in [-0.25, -0.2) is 0 Å². The van der Waals surface area contributed by atoms with Crippen LogP contribution in [0.4, 0.5) is 0 Å². The molecule has 2 aromatic carbocycles. The summed E-state index contributed by atoms with van der Waals surface area (Å²) < 4.78 is 10.8. The standard InChI is InChI=1S/C31H40N2O5S/c1-37-24-10-11-27-26(20-24)25(14-16-32-27)28(34)12-8-22-15-18-33(21-23(22)9-13-31(35)36)17-5-19-39-30-7-4-3-6-29(30)38-2/h3-4,6-7,10-11,14,16,20,22-23,28,34H,5,8-9,12-13,15,17-19,21H2,1-2H3,(H,35,36)/t22-,23-,28-/m1/s1. The predicted octanol–water partition coefficient (Wildman–Crippen LogP) is 6.05. The number of hydrogen-bond acceptors (Lipinski definition) is 7. The molecule has 0 aliphatic carbocycles. The van der Waals surface area contributed by atoms with Crippen molar-refractivity contribution in [3.05, 3.63) is 60.3 Å². The zero-order valence-electron chi connectivity index (χ0n) is 22.9. The number of piperidine rings is 1. The lowest BCUT2D eigenvalue weighted by molar-refractivity contribution is -0.137. The molecular weight excluding hydrogens is 512 g/mol. The highest BCUT2D eigenvalue weighted by Crippen LogP contribution is 2.35. The number of pyridine rings is 1. The first-order valence-electron chi connectivity index (χ1n) is 13.8. The van der Waals surface area contributed by atoms with E-state index < -0.39 is 12.1 Å². The Morgan fingerprint density at radius 1 is 1.13 bits per heavy atom. The number of aromatic nitrogens is 1. The molecule has 0 unspecified atom stereocenters. The number of likely N-dealkylation sites (tertiary alicyclic amines) is 1. The van der Waals surface area contributed by atoms with Crippen molar-refractivity contribution in [2.45, 2.75) is 49.5 Å². The van der Waals surface area contributed by atoms with Crippen LogP contribution in [0.25, 0.3) is 10.9 Å². The summed E-state index contributed by atoms with van der Waals surface area (Å²) in [5.41, 5.74) is 1.70. The number of aliphatic hydroxyl groups excluding tert-OH is 1. The average Bonchev–Trinajstić information content (AvgIpc) is 2.97. The van der Waals surface area contributed by atoms with Crippen molar-refractivity contribution in [3.8, 4) is 11.5 Å². The SMILES string of the molecule is COc1ccc2nccc([C@H](O)CC[C@@H]3CCN(CCCSc4ccccc4OC)C[C@H]3CCC(=O)O)c2c1. The van der Waals surface area contributed by atoms with Crippen LogP contribution in [0, 0.1) is 11.8 Å². The van der Waals surface area contributed by atoms with E-state index in [1.54, 1.807) is 20.4 Å². The van der Waals surface area contributed by atoms with Crippen molar-refractivity contribution in [2.24, 2.45) is 11.8 Å². The van der Waals surface area contributed by atoms with Crippen LogP contribution in [-0.2, 0) is 4.79 Å². The van der Waals surface area contributed by atoms with Gasteiger partial charge in [0, 0.05) is 29.4 Å². The smallest absolute Gasteiger partial charge is 0.303 e. The Bertz CT molecular complexity index is 1220. The third-order valence-electron chi connectivity index (χ3n) is 7.80. The van der Waals surface area contributed by atoms with E-state index in [0.717, 1.165) is 77.5 Å². The summed E-state index contributed by atoms with van der Waals surface area (Å²) in [7, 11) is 3.34. The number of carbonyl (C=O) groups is 1. The Balaban J connectivity index is 1.32. The van der Waals surface area contributed by atoms with Gasteiger partial charge >= 0.3 is 5.97 Å². The van der Waals surface area contributed by atoms with E-state index in [9.17, 15) is 15.0 Å². The van der Waals surface area contributed by atoms with Gasteiger partial charge in [0.2, 0.25) is 0 Å². The number of aliphatic carboxylic acids is 1. The van der Waals surface area contributed by atoms with Crippen LogP contribution >= 0.6 is 11.8 Å². The maximum atomic E-state index is 11.4. The van der Waals surface area contributed by atoms with Gasteiger partial charge in [0.1, 0.15) is 11.5 Å². The monoisotopic (exact) mass is 552 g/mol. The topological polar surface area (TPSA) is 92.1 Å². The molecule has 0 saturated carbocycles. The second kappa shape index (κ2) is 14.5. The van der Waals surface area contributed by atoms with Crippen LogP contribution in [0.5, 0.6) is 11.5 Å². The highest BCUT2D eigenvalue weighted by atomic mass is 32.2. The number of ether oxygens (including phenoxy) is 2. The summed E-state index contributed by atoms with van der Waals surface area (Å²) in [6, 6.07) is 15.7. The van der Waals surface area contributed by atoms with E-state index in [1.165, 1.54) is 0 Å². The number of fused-ring (bicyclic) bond motifs is 1. The van der Waals surface area contributed by atoms with Crippen molar-refractivity contribution in [1.82, 2.24) is 9.88 Å². The van der Waals surface area contributed by atoms with Gasteiger partial charge in [0.15, 0.2) is 0 Å². The lowest BCUT2D eigenvalue weighted by Crippen LogP contribution is -2.41. The quantitative estimate of drug-likeness (QED) is 0.184. The Morgan fingerprint density at radius 2 is 1.97 bits per heavy atom. The molecule has 1 aliphatic heterocycles. The van der Waals surface area contributed by atoms with E-state index in [0.29, 0.717) is 24.7 Å². The largest absolute Gasteiger partial charge is 0.497 e. The molecule has 2 N–H and O–H groups in total. The molecule has 3 aromatic rings. The molecule has 0 amide bonds. The Hall–Kier alpha value is -2.81. The molecule has 0 spiro atoms. The van der Waals surface area contributed by atoms with E-state index in [-0.39, 0.29) is 6.42 Å². The first kappa shape index (κ1) is 29.2. The lowest BCUT2D eigenvalue weighted by Gasteiger charge is -2.39. The van der Waals surface area contributed by atoms with Gasteiger partial charge < -0.3 is 24.6 Å². The summed E-state index contributed by atoms with van der Waals surface area (Å²) in [6.45, 7) is 2.94. The third kappa shape index (κ3) is 8.10. The van der Waals surface area contributed by atoms with Crippen molar-refractivity contribution >= 4 is 28.6 Å². The molecule has 39 heavy (non-hydrogen) atoms. The molecule has 1 aliphatic rings. The van der Waals surface area contributed by atoms with Crippen LogP contribution in [0.15, 0.2) is 59.6 Å². The molecule has 0 radical (unpaired) electrons.